The van der Waals surface area contributed by atoms with Crippen LogP contribution in [0.5, 0.6) is 0 Å². The summed E-state index contributed by atoms with van der Waals surface area (Å²) in [6.45, 7) is 13.5. The molecular formula is C35H36N6. The monoisotopic (exact) mass is 540 g/mol. The molecule has 0 atom stereocenters. The van der Waals surface area contributed by atoms with Crippen LogP contribution in [0.1, 0.15) is 75.7 Å². The number of nitrogens with zero attached hydrogens (tertiary/aromatic N) is 4. The minimum Gasteiger partial charge on any atom is -0.361 e. The predicted octanol–water partition coefficient (Wildman–Crippen LogP) is 7.67. The maximum absolute atomic E-state index is 5.37. The molecule has 8 bridgehead atoms. The van der Waals surface area contributed by atoms with Crippen molar-refractivity contribution in [3.8, 4) is 23.0 Å². The zero-order valence-electron chi connectivity index (χ0n) is 24.5. The molecule has 2 aromatic carbocycles. The molecule has 0 saturated heterocycles. The molecule has 1 aliphatic rings. The number of hydrogen-bond acceptors (Lipinski definition) is 2. The Morgan fingerprint density at radius 3 is 1.17 bits per heavy atom. The minimum atomic E-state index is -0.379. The molecule has 6 aromatic rings. The second-order valence-corrected chi connectivity index (χ2v) is 12.8. The van der Waals surface area contributed by atoms with Gasteiger partial charge in [-0.3, -0.25) is 9.13 Å². The first kappa shape index (κ1) is 25.4. The van der Waals surface area contributed by atoms with Crippen LogP contribution in [0.2, 0.25) is 0 Å². The van der Waals surface area contributed by atoms with Crippen LogP contribution in [-0.2, 0) is 16.2 Å². The van der Waals surface area contributed by atoms with Gasteiger partial charge in [0.2, 0.25) is 0 Å². The summed E-state index contributed by atoms with van der Waals surface area (Å²) < 4.78 is 4.37. The van der Waals surface area contributed by atoms with Crippen molar-refractivity contribution >= 4 is 0 Å². The fourth-order valence-electron chi connectivity index (χ4n) is 5.92. The highest BCUT2D eigenvalue weighted by Crippen LogP contribution is 2.40. The fraction of sp³-hybridized carbons (Fsp3) is 0.257. The minimum absolute atomic E-state index is 0.244. The van der Waals surface area contributed by atoms with Crippen molar-refractivity contribution in [3.63, 3.8) is 0 Å². The fourth-order valence-corrected chi connectivity index (χ4v) is 5.92. The van der Waals surface area contributed by atoms with Gasteiger partial charge < -0.3 is 9.97 Å². The van der Waals surface area contributed by atoms with E-state index in [1.165, 1.54) is 11.4 Å². The summed E-state index contributed by atoms with van der Waals surface area (Å²) in [6.07, 6.45) is 4.35. The van der Waals surface area contributed by atoms with Crippen LogP contribution in [0.3, 0.4) is 0 Å². The summed E-state index contributed by atoms with van der Waals surface area (Å²) in [5.74, 6) is 1.61. The van der Waals surface area contributed by atoms with Gasteiger partial charge in [-0.1, -0.05) is 36.4 Å². The highest BCUT2D eigenvalue weighted by Gasteiger charge is 2.36. The molecule has 0 amide bonds. The van der Waals surface area contributed by atoms with E-state index in [1.54, 1.807) is 0 Å². The summed E-state index contributed by atoms with van der Waals surface area (Å²) in [5.41, 5.74) is 7.62. The first-order valence-corrected chi connectivity index (χ1v) is 14.3. The third-order valence-corrected chi connectivity index (χ3v) is 9.03. The number of para-hydroxylation sites is 2. The molecule has 0 aliphatic carbocycles. The first-order chi connectivity index (χ1) is 19.6. The largest absolute Gasteiger partial charge is 0.361 e. The lowest BCUT2D eigenvalue weighted by molar-refractivity contribution is 0.561. The van der Waals surface area contributed by atoms with Crippen molar-refractivity contribution in [2.75, 3.05) is 0 Å². The lowest BCUT2D eigenvalue weighted by atomic mass is 9.85. The van der Waals surface area contributed by atoms with Gasteiger partial charge in [-0.05, 0) is 90.1 Å². The molecule has 206 valence electrons. The second-order valence-electron chi connectivity index (χ2n) is 12.8. The maximum Gasteiger partial charge on any atom is 0.181 e. The molecule has 5 heterocycles. The van der Waals surface area contributed by atoms with Crippen molar-refractivity contribution in [2.45, 2.75) is 57.8 Å². The lowest BCUT2D eigenvalue weighted by Gasteiger charge is -2.26. The van der Waals surface area contributed by atoms with Crippen molar-refractivity contribution in [1.29, 1.82) is 0 Å². The van der Waals surface area contributed by atoms with Crippen molar-refractivity contribution in [3.05, 3.63) is 131 Å². The number of H-pyrrole nitrogens is 2. The molecule has 0 radical (unpaired) electrons. The van der Waals surface area contributed by atoms with Crippen molar-refractivity contribution < 1.29 is 0 Å². The molecule has 6 heteroatoms. The van der Waals surface area contributed by atoms with Crippen LogP contribution >= 0.6 is 0 Å². The number of nitrogens with one attached hydrogen (secondary N) is 2. The topological polar surface area (TPSA) is 67.2 Å². The predicted molar refractivity (Wildman–Crippen MR) is 164 cm³/mol. The Bertz CT molecular complexity index is 1720. The Labute approximate surface area is 241 Å². The molecule has 41 heavy (non-hydrogen) atoms. The summed E-state index contributed by atoms with van der Waals surface area (Å²) in [6, 6.07) is 29.7. The number of aromatic nitrogens is 6. The average molecular weight is 541 g/mol. The van der Waals surface area contributed by atoms with E-state index in [1.807, 2.05) is 12.1 Å². The van der Waals surface area contributed by atoms with Gasteiger partial charge in [-0.25, -0.2) is 9.97 Å². The zero-order chi connectivity index (χ0) is 28.6. The molecular weight excluding hydrogens is 504 g/mol. The van der Waals surface area contributed by atoms with Gasteiger partial charge in [-0.15, -0.1) is 0 Å². The maximum atomic E-state index is 5.37. The van der Waals surface area contributed by atoms with Crippen LogP contribution in [0.4, 0.5) is 0 Å². The van der Waals surface area contributed by atoms with Crippen LogP contribution in [0, 0.1) is 0 Å². The van der Waals surface area contributed by atoms with Gasteiger partial charge in [0.25, 0.3) is 0 Å². The number of rotatable bonds is 2. The van der Waals surface area contributed by atoms with Gasteiger partial charge in [0.15, 0.2) is 11.6 Å². The zero-order valence-corrected chi connectivity index (χ0v) is 24.5. The average Bonchev–Trinajstić information content (AvgIpc) is 3.78. The quantitative estimate of drug-likeness (QED) is 0.237. The summed E-state index contributed by atoms with van der Waals surface area (Å²) >= 11 is 0. The number of benzene rings is 2. The van der Waals surface area contributed by atoms with Gasteiger partial charge in [0.05, 0.1) is 11.4 Å². The number of hydrogen-bond donors (Lipinski definition) is 2. The molecule has 0 saturated carbocycles. The first-order valence-electron chi connectivity index (χ1n) is 14.3. The van der Waals surface area contributed by atoms with E-state index in [0.717, 1.165) is 45.8 Å². The Hall–Kier alpha value is -4.58. The number of aromatic amines is 2. The van der Waals surface area contributed by atoms with E-state index in [4.69, 9.17) is 9.97 Å². The standard InChI is InChI=1S/C35H36N6/c1-33(2)25-17-19-27(36-25)34(3,4)29-21-40(23-13-9-7-10-14-23)31(38-29)32-39-30(22-41(32)24-15-11-8-12-16-24)35(5,6)28-20-18-26(33)37-28/h7-22,36-37H,1-6H3. The smallest absolute Gasteiger partial charge is 0.181 e. The molecule has 4 aromatic heterocycles. The molecule has 0 unspecified atom stereocenters. The Morgan fingerprint density at radius 1 is 0.463 bits per heavy atom. The number of fused-ring (bicyclic) bond motifs is 9. The van der Waals surface area contributed by atoms with Gasteiger partial charge in [0.1, 0.15) is 0 Å². The third-order valence-electron chi connectivity index (χ3n) is 9.03. The normalized spacial score (nSPS) is 16.6. The Morgan fingerprint density at radius 2 is 0.805 bits per heavy atom. The highest BCUT2D eigenvalue weighted by atomic mass is 15.2. The molecule has 6 nitrogen and oxygen atoms in total. The SMILES string of the molecule is CC1(C)c2cn(-c3ccccc3)c(n2)-c2nc(cn2-c2ccccc2)C(C)(C)c2ccc([nH]2)C(C)(C)c2ccc1[nH]2. The second kappa shape index (κ2) is 8.71. The molecule has 2 N–H and O–H groups in total. The van der Waals surface area contributed by atoms with E-state index in [0.29, 0.717) is 0 Å². The van der Waals surface area contributed by atoms with Crippen LogP contribution < -0.4 is 0 Å². The van der Waals surface area contributed by atoms with Gasteiger partial charge in [-0.2, -0.15) is 0 Å². The van der Waals surface area contributed by atoms with E-state index in [2.05, 4.69) is 146 Å². The van der Waals surface area contributed by atoms with E-state index < -0.39 is 0 Å². The Kier molecular flexibility index (Phi) is 5.39. The summed E-state index contributed by atoms with van der Waals surface area (Å²) in [7, 11) is 0. The van der Waals surface area contributed by atoms with Crippen LogP contribution in [-0.4, -0.2) is 29.1 Å². The summed E-state index contributed by atoms with van der Waals surface area (Å²) in [5, 5.41) is 0. The van der Waals surface area contributed by atoms with Crippen LogP contribution in [0.15, 0.2) is 97.3 Å². The third kappa shape index (κ3) is 3.85. The van der Waals surface area contributed by atoms with Crippen molar-refractivity contribution in [2.24, 2.45) is 0 Å². The van der Waals surface area contributed by atoms with Gasteiger partial charge in [0, 0.05) is 62.8 Å². The highest BCUT2D eigenvalue weighted by molar-refractivity contribution is 5.58. The number of imidazole rings is 2. The molecule has 0 spiro atoms. The van der Waals surface area contributed by atoms with E-state index in [9.17, 15) is 0 Å². The molecule has 0 fully saturated rings. The molecule has 7 rings (SSSR count). The summed E-state index contributed by atoms with van der Waals surface area (Å²) in [4.78, 5) is 18.3. The Balaban J connectivity index is 1.58. The molecule has 1 aliphatic heterocycles. The van der Waals surface area contributed by atoms with Gasteiger partial charge >= 0.3 is 0 Å². The lowest BCUT2D eigenvalue weighted by Crippen LogP contribution is -2.24. The van der Waals surface area contributed by atoms with Crippen molar-refractivity contribution in [1.82, 2.24) is 29.1 Å². The van der Waals surface area contributed by atoms with E-state index >= 15 is 0 Å². The van der Waals surface area contributed by atoms with Crippen LogP contribution in [0.25, 0.3) is 23.0 Å². The van der Waals surface area contributed by atoms with E-state index in [-0.39, 0.29) is 16.2 Å².